The van der Waals surface area contributed by atoms with Crippen LogP contribution < -0.4 is 10.3 Å². The van der Waals surface area contributed by atoms with E-state index in [2.05, 4.69) is 20.9 Å². The number of hydrogen-bond acceptors (Lipinski definition) is 5. The van der Waals surface area contributed by atoms with E-state index >= 15 is 0 Å². The summed E-state index contributed by atoms with van der Waals surface area (Å²) in [5.74, 6) is 0.475. The first-order valence-electron chi connectivity index (χ1n) is 8.42. The van der Waals surface area contributed by atoms with Crippen LogP contribution in [0.2, 0.25) is 0 Å². The van der Waals surface area contributed by atoms with Gasteiger partial charge in [0.05, 0.1) is 25.0 Å². The highest BCUT2D eigenvalue weighted by Gasteiger charge is 2.31. The lowest BCUT2D eigenvalue weighted by Gasteiger charge is -2.24. The van der Waals surface area contributed by atoms with Crippen LogP contribution in [0.25, 0.3) is 10.9 Å². The van der Waals surface area contributed by atoms with Gasteiger partial charge in [-0.2, -0.15) is 0 Å². The summed E-state index contributed by atoms with van der Waals surface area (Å²) < 4.78 is 13.1. The largest absolute Gasteiger partial charge is 0.496 e. The predicted octanol–water partition coefficient (Wildman–Crippen LogP) is 3.35. The lowest BCUT2D eigenvalue weighted by molar-refractivity contribution is 0.0289. The summed E-state index contributed by atoms with van der Waals surface area (Å²) in [7, 11) is 1.53. The molecule has 1 aromatic heterocycles. The number of amides is 1. The Bertz CT molecular complexity index is 904. The van der Waals surface area contributed by atoms with Crippen LogP contribution in [-0.2, 0) is 4.74 Å². The molecule has 2 aromatic rings. The molecule has 3 rings (SSSR count). The van der Waals surface area contributed by atoms with Crippen molar-refractivity contribution in [2.75, 3.05) is 20.2 Å². The van der Waals surface area contributed by atoms with Gasteiger partial charge >= 0.3 is 6.09 Å². The van der Waals surface area contributed by atoms with Crippen molar-refractivity contribution in [1.82, 2.24) is 14.5 Å². The molecule has 26 heavy (non-hydrogen) atoms. The molecule has 1 amide bonds. The number of aromatic nitrogens is 2. The number of carbonyl (C=O) groups is 1. The Morgan fingerprint density at radius 1 is 1.35 bits per heavy atom. The molecule has 0 bridgehead atoms. The summed E-state index contributed by atoms with van der Waals surface area (Å²) in [6.45, 7) is 6.46. The zero-order valence-corrected chi connectivity index (χ0v) is 16.9. The SMILES string of the molecule is COc1cc(Br)cc2ncn(C3CCN(C(=O)OC(C)(C)C)C3)c(=O)c12. The first-order chi connectivity index (χ1) is 12.2. The lowest BCUT2D eigenvalue weighted by atomic mass is 10.2. The van der Waals surface area contributed by atoms with Crippen molar-refractivity contribution in [3.63, 3.8) is 0 Å². The molecule has 1 fully saturated rings. The molecule has 7 nitrogen and oxygen atoms in total. The molecule has 1 atom stereocenters. The van der Waals surface area contributed by atoms with Gasteiger partial charge in [0.1, 0.15) is 16.7 Å². The van der Waals surface area contributed by atoms with Gasteiger partial charge in [0.15, 0.2) is 0 Å². The normalized spacial score (nSPS) is 17.6. The van der Waals surface area contributed by atoms with Gasteiger partial charge in [-0.15, -0.1) is 0 Å². The second kappa shape index (κ2) is 6.90. The minimum absolute atomic E-state index is 0.139. The summed E-state index contributed by atoms with van der Waals surface area (Å²) in [4.78, 5) is 31.3. The molecule has 8 heteroatoms. The Hall–Kier alpha value is -2.09. The molecule has 1 aromatic carbocycles. The number of benzene rings is 1. The van der Waals surface area contributed by atoms with Gasteiger partial charge in [-0.25, -0.2) is 9.78 Å². The van der Waals surface area contributed by atoms with Gasteiger partial charge in [0.2, 0.25) is 0 Å². The molecule has 1 unspecified atom stereocenters. The maximum Gasteiger partial charge on any atom is 0.410 e. The number of likely N-dealkylation sites (tertiary alicyclic amines) is 1. The quantitative estimate of drug-likeness (QED) is 0.740. The van der Waals surface area contributed by atoms with Gasteiger partial charge in [-0.1, -0.05) is 15.9 Å². The highest BCUT2D eigenvalue weighted by Crippen LogP contribution is 2.28. The number of hydrogen-bond donors (Lipinski definition) is 0. The molecule has 1 aliphatic rings. The molecule has 0 radical (unpaired) electrons. The number of methoxy groups -OCH3 is 1. The zero-order valence-electron chi connectivity index (χ0n) is 15.3. The van der Waals surface area contributed by atoms with Crippen LogP contribution >= 0.6 is 15.9 Å². The molecule has 0 aliphatic carbocycles. The Labute approximate surface area is 160 Å². The predicted molar refractivity (Wildman–Crippen MR) is 102 cm³/mol. The van der Waals surface area contributed by atoms with Crippen molar-refractivity contribution in [2.45, 2.75) is 38.8 Å². The van der Waals surface area contributed by atoms with Crippen LogP contribution in [0.5, 0.6) is 5.75 Å². The maximum absolute atomic E-state index is 13.0. The highest BCUT2D eigenvalue weighted by atomic mass is 79.9. The van der Waals surface area contributed by atoms with E-state index in [1.807, 2.05) is 20.8 Å². The summed E-state index contributed by atoms with van der Waals surface area (Å²) in [6, 6.07) is 3.39. The Balaban J connectivity index is 1.90. The van der Waals surface area contributed by atoms with E-state index in [0.29, 0.717) is 36.2 Å². The van der Waals surface area contributed by atoms with Crippen molar-refractivity contribution < 1.29 is 14.3 Å². The van der Waals surface area contributed by atoms with Gasteiger partial charge in [0.25, 0.3) is 5.56 Å². The van der Waals surface area contributed by atoms with Gasteiger partial charge < -0.3 is 14.4 Å². The fourth-order valence-corrected chi connectivity index (χ4v) is 3.50. The molecule has 0 saturated carbocycles. The number of halogens is 1. The minimum atomic E-state index is -0.544. The van der Waals surface area contributed by atoms with Gasteiger partial charge in [-0.05, 0) is 39.3 Å². The first-order valence-corrected chi connectivity index (χ1v) is 9.21. The summed E-state index contributed by atoms with van der Waals surface area (Å²) in [5.41, 5.74) is -0.146. The van der Waals surface area contributed by atoms with Crippen LogP contribution in [-0.4, -0.2) is 46.3 Å². The summed E-state index contributed by atoms with van der Waals surface area (Å²) in [5, 5.41) is 0.439. The van der Waals surface area contributed by atoms with Crippen molar-refractivity contribution in [3.05, 3.63) is 33.3 Å². The van der Waals surface area contributed by atoms with E-state index in [4.69, 9.17) is 9.47 Å². The second-order valence-electron chi connectivity index (χ2n) is 7.33. The molecule has 140 valence electrons. The van der Waals surface area contributed by atoms with Crippen LogP contribution in [0, 0.1) is 0 Å². The van der Waals surface area contributed by atoms with Crippen molar-refractivity contribution in [3.8, 4) is 5.75 Å². The average molecular weight is 424 g/mol. The Kier molecular flexibility index (Phi) is 4.96. The zero-order chi connectivity index (χ0) is 19.1. The topological polar surface area (TPSA) is 73.7 Å². The van der Waals surface area contributed by atoms with E-state index < -0.39 is 5.60 Å². The van der Waals surface area contributed by atoms with E-state index in [-0.39, 0.29) is 17.7 Å². The summed E-state index contributed by atoms with van der Waals surface area (Å²) in [6.07, 6.45) is 1.86. The molecular weight excluding hydrogens is 402 g/mol. The second-order valence-corrected chi connectivity index (χ2v) is 8.24. The number of fused-ring (bicyclic) bond motifs is 1. The molecule has 0 spiro atoms. The number of nitrogens with zero attached hydrogens (tertiary/aromatic N) is 3. The van der Waals surface area contributed by atoms with Crippen molar-refractivity contribution >= 4 is 32.9 Å². The average Bonchev–Trinajstić information content (AvgIpc) is 3.02. The van der Waals surface area contributed by atoms with Crippen LogP contribution in [0.3, 0.4) is 0 Å². The molecular formula is C18H22BrN3O4. The van der Waals surface area contributed by atoms with E-state index in [1.54, 1.807) is 27.9 Å². The van der Waals surface area contributed by atoms with Crippen LogP contribution in [0.4, 0.5) is 4.79 Å². The minimum Gasteiger partial charge on any atom is -0.496 e. The molecule has 0 N–H and O–H groups in total. The number of rotatable bonds is 2. The molecule has 2 heterocycles. The molecule has 1 aliphatic heterocycles. The van der Waals surface area contributed by atoms with Crippen molar-refractivity contribution in [2.24, 2.45) is 0 Å². The van der Waals surface area contributed by atoms with E-state index in [1.165, 1.54) is 7.11 Å². The smallest absolute Gasteiger partial charge is 0.410 e. The van der Waals surface area contributed by atoms with E-state index in [0.717, 1.165) is 4.47 Å². The highest BCUT2D eigenvalue weighted by molar-refractivity contribution is 9.10. The third-order valence-electron chi connectivity index (χ3n) is 4.24. The fraction of sp³-hybridized carbons (Fsp3) is 0.500. The van der Waals surface area contributed by atoms with Crippen LogP contribution in [0.15, 0.2) is 27.7 Å². The summed E-state index contributed by atoms with van der Waals surface area (Å²) >= 11 is 3.39. The standard InChI is InChI=1S/C18H22BrN3O4/c1-18(2,3)26-17(24)21-6-5-12(9-21)22-10-20-13-7-11(19)8-14(25-4)15(13)16(22)23/h7-8,10,12H,5-6,9H2,1-4H3. The number of carbonyl (C=O) groups excluding carboxylic acids is 1. The maximum atomic E-state index is 13.0. The van der Waals surface area contributed by atoms with E-state index in [9.17, 15) is 9.59 Å². The Morgan fingerprint density at radius 3 is 2.73 bits per heavy atom. The third kappa shape index (κ3) is 3.70. The van der Waals surface area contributed by atoms with Crippen LogP contribution in [0.1, 0.15) is 33.2 Å². The lowest BCUT2D eigenvalue weighted by Crippen LogP contribution is -2.36. The fourth-order valence-electron chi connectivity index (χ4n) is 3.07. The molecule has 1 saturated heterocycles. The Morgan fingerprint density at radius 2 is 2.08 bits per heavy atom. The number of ether oxygens (including phenoxy) is 2. The third-order valence-corrected chi connectivity index (χ3v) is 4.70. The first kappa shape index (κ1) is 18.7. The van der Waals surface area contributed by atoms with Gasteiger partial charge in [0, 0.05) is 17.6 Å². The monoisotopic (exact) mass is 423 g/mol. The van der Waals surface area contributed by atoms with Crippen molar-refractivity contribution in [1.29, 1.82) is 0 Å². The van der Waals surface area contributed by atoms with Gasteiger partial charge in [-0.3, -0.25) is 9.36 Å².